The highest BCUT2D eigenvalue weighted by Crippen LogP contribution is 2.25. The van der Waals surface area contributed by atoms with Crippen LogP contribution in [0.15, 0.2) is 28.7 Å². The van der Waals surface area contributed by atoms with Crippen molar-refractivity contribution in [1.82, 2.24) is 9.62 Å². The summed E-state index contributed by atoms with van der Waals surface area (Å²) >= 11 is 3.46. The molecule has 0 spiro atoms. The first-order valence-corrected chi connectivity index (χ1v) is 10.7. The number of hydrogen-bond acceptors (Lipinski definition) is 3. The summed E-state index contributed by atoms with van der Waals surface area (Å²) in [5, 5.41) is 0. The SMILES string of the molecule is CCS(=O)(=O)NC1CCN(C(=O)C(C)C)C1Cc1cccc(Br)c1. The molecule has 2 rings (SSSR count). The smallest absolute Gasteiger partial charge is 0.225 e. The molecule has 2 atom stereocenters. The van der Waals surface area contributed by atoms with Crippen LogP contribution >= 0.6 is 15.9 Å². The van der Waals surface area contributed by atoms with E-state index >= 15 is 0 Å². The molecule has 1 saturated heterocycles. The molecule has 1 fully saturated rings. The molecule has 0 bridgehead atoms. The summed E-state index contributed by atoms with van der Waals surface area (Å²) in [4.78, 5) is 14.4. The van der Waals surface area contributed by atoms with Gasteiger partial charge >= 0.3 is 0 Å². The lowest BCUT2D eigenvalue weighted by molar-refractivity contribution is -0.135. The van der Waals surface area contributed by atoms with Gasteiger partial charge in [0.2, 0.25) is 15.9 Å². The van der Waals surface area contributed by atoms with E-state index in [1.165, 1.54) is 0 Å². The van der Waals surface area contributed by atoms with Gasteiger partial charge in [0, 0.05) is 23.0 Å². The molecule has 0 saturated carbocycles. The third-order valence-electron chi connectivity index (χ3n) is 4.37. The van der Waals surface area contributed by atoms with Gasteiger partial charge in [-0.15, -0.1) is 0 Å². The number of hydrogen-bond donors (Lipinski definition) is 1. The number of benzene rings is 1. The lowest BCUT2D eigenvalue weighted by atomic mass is 10.00. The van der Waals surface area contributed by atoms with E-state index in [4.69, 9.17) is 0 Å². The topological polar surface area (TPSA) is 66.5 Å². The molecule has 1 aromatic carbocycles. The second-order valence-electron chi connectivity index (χ2n) is 6.50. The van der Waals surface area contributed by atoms with E-state index in [0.717, 1.165) is 10.0 Å². The van der Waals surface area contributed by atoms with Gasteiger partial charge in [0.15, 0.2) is 0 Å². The molecule has 24 heavy (non-hydrogen) atoms. The van der Waals surface area contributed by atoms with Gasteiger partial charge in [0.1, 0.15) is 0 Å². The average Bonchev–Trinajstić information content (AvgIpc) is 2.88. The van der Waals surface area contributed by atoms with E-state index < -0.39 is 10.0 Å². The van der Waals surface area contributed by atoms with Crippen molar-refractivity contribution in [1.29, 1.82) is 0 Å². The molecule has 0 radical (unpaired) electrons. The second-order valence-corrected chi connectivity index (χ2v) is 9.46. The minimum Gasteiger partial charge on any atom is -0.337 e. The number of nitrogens with zero attached hydrogens (tertiary/aromatic N) is 1. The summed E-state index contributed by atoms with van der Waals surface area (Å²) in [6.07, 6.45) is 1.28. The monoisotopic (exact) mass is 416 g/mol. The minimum atomic E-state index is -3.30. The molecular formula is C17H25BrN2O3S. The van der Waals surface area contributed by atoms with Crippen molar-refractivity contribution in [2.75, 3.05) is 12.3 Å². The molecule has 1 amide bonds. The van der Waals surface area contributed by atoms with Gasteiger partial charge in [0.25, 0.3) is 0 Å². The van der Waals surface area contributed by atoms with Crippen LogP contribution in [0.5, 0.6) is 0 Å². The largest absolute Gasteiger partial charge is 0.337 e. The van der Waals surface area contributed by atoms with Crippen LogP contribution in [0.4, 0.5) is 0 Å². The molecule has 1 aliphatic rings. The van der Waals surface area contributed by atoms with Crippen LogP contribution < -0.4 is 4.72 Å². The highest BCUT2D eigenvalue weighted by molar-refractivity contribution is 9.10. The van der Waals surface area contributed by atoms with Crippen molar-refractivity contribution >= 4 is 31.9 Å². The number of carbonyl (C=O) groups excluding carboxylic acids is 1. The maximum Gasteiger partial charge on any atom is 0.225 e. The number of rotatable bonds is 6. The Balaban J connectivity index is 2.26. The minimum absolute atomic E-state index is 0.0469. The third-order valence-corrected chi connectivity index (χ3v) is 6.28. The van der Waals surface area contributed by atoms with Crippen LogP contribution in [0.2, 0.25) is 0 Å². The number of sulfonamides is 1. The first kappa shape index (κ1) is 19.4. The van der Waals surface area contributed by atoms with Crippen LogP contribution in [0, 0.1) is 5.92 Å². The van der Waals surface area contributed by atoms with Crippen molar-refractivity contribution in [2.24, 2.45) is 5.92 Å². The Morgan fingerprint density at radius 3 is 2.71 bits per heavy atom. The zero-order valence-electron chi connectivity index (χ0n) is 14.3. The molecule has 0 aromatic heterocycles. The standard InChI is InChI=1S/C17H25BrN2O3S/c1-4-24(22,23)19-15-8-9-20(17(21)12(2)3)16(15)11-13-6-5-7-14(18)10-13/h5-7,10,12,15-16,19H,4,8-9,11H2,1-3H3. The molecule has 7 heteroatoms. The van der Waals surface area contributed by atoms with E-state index in [9.17, 15) is 13.2 Å². The number of likely N-dealkylation sites (tertiary alicyclic amines) is 1. The highest BCUT2D eigenvalue weighted by atomic mass is 79.9. The van der Waals surface area contributed by atoms with Crippen molar-refractivity contribution < 1.29 is 13.2 Å². The summed E-state index contributed by atoms with van der Waals surface area (Å²) < 4.78 is 27.7. The summed E-state index contributed by atoms with van der Waals surface area (Å²) in [5.41, 5.74) is 1.08. The Kier molecular flexibility index (Phi) is 6.45. The molecule has 134 valence electrons. The Labute approximate surface area is 153 Å². The van der Waals surface area contributed by atoms with Crippen molar-refractivity contribution in [2.45, 2.75) is 45.7 Å². The molecule has 5 nitrogen and oxygen atoms in total. The van der Waals surface area contributed by atoms with Crippen LogP contribution in [-0.4, -0.2) is 43.6 Å². The number of nitrogens with one attached hydrogen (secondary N) is 1. The lowest BCUT2D eigenvalue weighted by Gasteiger charge is -2.30. The van der Waals surface area contributed by atoms with Crippen molar-refractivity contribution in [3.05, 3.63) is 34.3 Å². The quantitative estimate of drug-likeness (QED) is 0.774. The van der Waals surface area contributed by atoms with Crippen LogP contribution in [0.3, 0.4) is 0 Å². The molecule has 2 unspecified atom stereocenters. The van der Waals surface area contributed by atoms with Gasteiger partial charge in [-0.1, -0.05) is 41.9 Å². The Hall–Kier alpha value is -0.920. The summed E-state index contributed by atoms with van der Waals surface area (Å²) in [5.74, 6) is 0.0235. The zero-order chi connectivity index (χ0) is 17.9. The highest BCUT2D eigenvalue weighted by Gasteiger charge is 2.39. The molecule has 1 aromatic rings. The summed E-state index contributed by atoms with van der Waals surface area (Å²) in [7, 11) is -3.30. The van der Waals surface area contributed by atoms with Gasteiger partial charge in [-0.05, 0) is 37.5 Å². The van der Waals surface area contributed by atoms with Gasteiger partial charge in [0.05, 0.1) is 11.8 Å². The first-order chi connectivity index (χ1) is 11.2. The molecule has 1 heterocycles. The van der Waals surface area contributed by atoms with E-state index in [1.54, 1.807) is 6.92 Å². The fraction of sp³-hybridized carbons (Fsp3) is 0.588. The van der Waals surface area contributed by atoms with E-state index in [-0.39, 0.29) is 29.7 Å². The fourth-order valence-corrected chi connectivity index (χ4v) is 4.42. The predicted molar refractivity (Wildman–Crippen MR) is 99.2 cm³/mol. The van der Waals surface area contributed by atoms with Gasteiger partial charge < -0.3 is 4.90 Å². The van der Waals surface area contributed by atoms with Crippen molar-refractivity contribution in [3.63, 3.8) is 0 Å². The summed E-state index contributed by atoms with van der Waals surface area (Å²) in [6.45, 7) is 5.97. The maximum atomic E-state index is 12.5. The normalized spacial score (nSPS) is 21.5. The average molecular weight is 417 g/mol. The second kappa shape index (κ2) is 7.97. The van der Waals surface area contributed by atoms with Crippen LogP contribution in [-0.2, 0) is 21.2 Å². The Morgan fingerprint density at radius 2 is 2.12 bits per heavy atom. The molecular weight excluding hydrogens is 392 g/mol. The Bertz CT molecular complexity index is 691. The lowest BCUT2D eigenvalue weighted by Crippen LogP contribution is -2.49. The molecule has 0 aliphatic carbocycles. The zero-order valence-corrected chi connectivity index (χ0v) is 16.7. The molecule has 1 N–H and O–H groups in total. The van der Waals surface area contributed by atoms with Gasteiger partial charge in [-0.2, -0.15) is 0 Å². The number of amides is 1. The maximum absolute atomic E-state index is 12.5. The number of halogens is 1. The Morgan fingerprint density at radius 1 is 1.42 bits per heavy atom. The van der Waals surface area contributed by atoms with Gasteiger partial charge in [-0.3, -0.25) is 4.79 Å². The van der Waals surface area contributed by atoms with Crippen LogP contribution in [0.1, 0.15) is 32.8 Å². The summed E-state index contributed by atoms with van der Waals surface area (Å²) in [6, 6.07) is 7.53. The number of carbonyl (C=O) groups is 1. The molecule has 1 aliphatic heterocycles. The third kappa shape index (κ3) is 4.80. The van der Waals surface area contributed by atoms with Gasteiger partial charge in [-0.25, -0.2) is 13.1 Å². The van der Waals surface area contributed by atoms with E-state index in [1.807, 2.05) is 43.0 Å². The van der Waals surface area contributed by atoms with Crippen LogP contribution in [0.25, 0.3) is 0 Å². The van der Waals surface area contributed by atoms with E-state index in [2.05, 4.69) is 20.7 Å². The first-order valence-electron chi connectivity index (χ1n) is 8.28. The fourth-order valence-electron chi connectivity index (χ4n) is 3.07. The predicted octanol–water partition coefficient (Wildman–Crippen LogP) is 2.56. The van der Waals surface area contributed by atoms with E-state index in [0.29, 0.717) is 19.4 Å². The van der Waals surface area contributed by atoms with Crippen molar-refractivity contribution in [3.8, 4) is 0 Å².